The zero-order chi connectivity index (χ0) is 14.0. The van der Waals surface area contributed by atoms with Gasteiger partial charge in [-0.2, -0.15) is 4.98 Å². The molecule has 100 valence electrons. The smallest absolute Gasteiger partial charge is 0.263 e. The fourth-order valence-electron chi connectivity index (χ4n) is 1.69. The molecule has 1 aromatic carbocycles. The lowest BCUT2D eigenvalue weighted by molar-refractivity contribution is 0.600. The van der Waals surface area contributed by atoms with Crippen molar-refractivity contribution in [3.05, 3.63) is 46.9 Å². The van der Waals surface area contributed by atoms with Crippen molar-refractivity contribution < 1.29 is 8.42 Å². The van der Waals surface area contributed by atoms with Gasteiger partial charge in [-0.3, -0.25) is 4.72 Å². The minimum Gasteiger partial charge on any atom is -0.263 e. The molecule has 0 unspecified atom stereocenters. The van der Waals surface area contributed by atoms with Crippen molar-refractivity contribution in [1.82, 2.24) is 9.97 Å². The molecule has 0 atom stereocenters. The number of aromatic nitrogens is 2. The number of benzene rings is 1. The Morgan fingerprint density at radius 1 is 1.21 bits per heavy atom. The van der Waals surface area contributed by atoms with Crippen molar-refractivity contribution >= 4 is 27.4 Å². The molecule has 2 rings (SSSR count). The number of nitrogens with one attached hydrogen (secondary N) is 1. The summed E-state index contributed by atoms with van der Waals surface area (Å²) >= 11 is 5.61. The first-order valence-electron chi connectivity index (χ1n) is 5.47. The summed E-state index contributed by atoms with van der Waals surface area (Å²) in [4.78, 5) is 7.70. The number of anilines is 1. The van der Waals surface area contributed by atoms with Gasteiger partial charge in [0.15, 0.2) is 0 Å². The van der Waals surface area contributed by atoms with Gasteiger partial charge in [0.25, 0.3) is 10.0 Å². The molecule has 0 aliphatic heterocycles. The summed E-state index contributed by atoms with van der Waals surface area (Å²) in [6.45, 7) is 3.65. The summed E-state index contributed by atoms with van der Waals surface area (Å²) in [6, 6.07) is 6.55. The molecule has 0 bridgehead atoms. The fraction of sp³-hybridized carbons (Fsp3) is 0.167. The molecule has 1 aromatic heterocycles. The van der Waals surface area contributed by atoms with Gasteiger partial charge in [-0.15, -0.1) is 0 Å². The van der Waals surface area contributed by atoms with Crippen LogP contribution in [0.15, 0.2) is 35.4 Å². The van der Waals surface area contributed by atoms with Crippen molar-refractivity contribution in [2.75, 3.05) is 4.72 Å². The summed E-state index contributed by atoms with van der Waals surface area (Å²) in [6.07, 6.45) is 1.38. The molecule has 5 nitrogen and oxygen atoms in total. The molecule has 0 saturated heterocycles. The molecule has 19 heavy (non-hydrogen) atoms. The van der Waals surface area contributed by atoms with E-state index in [0.717, 1.165) is 5.56 Å². The van der Waals surface area contributed by atoms with E-state index in [1.165, 1.54) is 12.3 Å². The van der Waals surface area contributed by atoms with Crippen LogP contribution in [-0.2, 0) is 10.0 Å². The van der Waals surface area contributed by atoms with E-state index < -0.39 is 10.0 Å². The summed E-state index contributed by atoms with van der Waals surface area (Å²) in [7, 11) is -3.68. The number of hydrogen-bond acceptors (Lipinski definition) is 4. The van der Waals surface area contributed by atoms with E-state index >= 15 is 0 Å². The first-order chi connectivity index (χ1) is 8.88. The molecule has 1 heterocycles. The van der Waals surface area contributed by atoms with Crippen LogP contribution in [0, 0.1) is 13.8 Å². The molecule has 0 fully saturated rings. The van der Waals surface area contributed by atoms with Crippen LogP contribution in [0.5, 0.6) is 0 Å². The van der Waals surface area contributed by atoms with Crippen LogP contribution in [-0.4, -0.2) is 18.4 Å². The quantitative estimate of drug-likeness (QED) is 0.884. The van der Waals surface area contributed by atoms with Crippen LogP contribution >= 0.6 is 11.6 Å². The van der Waals surface area contributed by atoms with Crippen LogP contribution in [0.4, 0.5) is 5.82 Å². The zero-order valence-electron chi connectivity index (χ0n) is 10.4. The number of halogens is 1. The highest BCUT2D eigenvalue weighted by atomic mass is 35.5. The Kier molecular flexibility index (Phi) is 3.73. The number of sulfonamides is 1. The lowest BCUT2D eigenvalue weighted by atomic mass is 10.2. The average molecular weight is 298 g/mol. The predicted octanol–water partition coefficient (Wildman–Crippen LogP) is 2.55. The molecule has 0 amide bonds. The normalized spacial score (nSPS) is 11.3. The van der Waals surface area contributed by atoms with Crippen LogP contribution in [0.3, 0.4) is 0 Å². The largest absolute Gasteiger partial charge is 0.263 e. The van der Waals surface area contributed by atoms with Gasteiger partial charge in [-0.1, -0.05) is 17.7 Å². The van der Waals surface area contributed by atoms with Gasteiger partial charge >= 0.3 is 0 Å². The van der Waals surface area contributed by atoms with Crippen LogP contribution in [0.1, 0.15) is 11.1 Å². The second-order valence-corrected chi connectivity index (χ2v) is 6.07. The Balaban J connectivity index is 2.38. The second-order valence-electron chi connectivity index (χ2n) is 4.09. The average Bonchev–Trinajstić information content (AvgIpc) is 2.27. The van der Waals surface area contributed by atoms with Gasteiger partial charge in [0.05, 0.1) is 4.90 Å². The highest BCUT2D eigenvalue weighted by Gasteiger charge is 2.17. The highest BCUT2D eigenvalue weighted by Crippen LogP contribution is 2.19. The van der Waals surface area contributed by atoms with E-state index in [0.29, 0.717) is 5.56 Å². The first-order valence-corrected chi connectivity index (χ1v) is 7.33. The van der Waals surface area contributed by atoms with Crippen molar-refractivity contribution in [3.63, 3.8) is 0 Å². The van der Waals surface area contributed by atoms with Gasteiger partial charge < -0.3 is 0 Å². The summed E-state index contributed by atoms with van der Waals surface area (Å²) in [5.74, 6) is 0.139. The minimum absolute atomic E-state index is 0.0131. The maximum Gasteiger partial charge on any atom is 0.263 e. The lowest BCUT2D eigenvalue weighted by Crippen LogP contribution is -2.15. The van der Waals surface area contributed by atoms with Crippen molar-refractivity contribution in [2.45, 2.75) is 18.7 Å². The molecule has 0 saturated carbocycles. The van der Waals surface area contributed by atoms with Gasteiger partial charge in [-0.05, 0) is 43.1 Å². The highest BCUT2D eigenvalue weighted by molar-refractivity contribution is 7.92. The number of aryl methyl sites for hydroxylation is 2. The van der Waals surface area contributed by atoms with Crippen LogP contribution in [0.25, 0.3) is 0 Å². The molecule has 0 aliphatic rings. The predicted molar refractivity (Wildman–Crippen MR) is 73.8 cm³/mol. The van der Waals surface area contributed by atoms with E-state index in [1.54, 1.807) is 19.1 Å². The fourth-order valence-corrected chi connectivity index (χ4v) is 3.06. The Morgan fingerprint density at radius 2 is 1.95 bits per heavy atom. The van der Waals surface area contributed by atoms with E-state index in [9.17, 15) is 8.42 Å². The molecule has 1 N–H and O–H groups in total. The van der Waals surface area contributed by atoms with Gasteiger partial charge in [0.1, 0.15) is 5.82 Å². The number of nitrogens with zero attached hydrogens (tertiary/aromatic N) is 2. The summed E-state index contributed by atoms with van der Waals surface area (Å²) < 4.78 is 26.8. The third-order valence-electron chi connectivity index (χ3n) is 2.49. The maximum atomic E-state index is 12.2. The van der Waals surface area contributed by atoms with Gasteiger partial charge in [0, 0.05) is 6.20 Å². The molecular weight excluding hydrogens is 286 g/mol. The maximum absolute atomic E-state index is 12.2. The van der Waals surface area contributed by atoms with Crippen molar-refractivity contribution in [2.24, 2.45) is 0 Å². The monoisotopic (exact) mass is 297 g/mol. The molecular formula is C12H12ClN3O2S. The Labute approximate surface area is 116 Å². The minimum atomic E-state index is -3.68. The van der Waals surface area contributed by atoms with Crippen LogP contribution in [0.2, 0.25) is 5.28 Å². The Bertz CT molecular complexity index is 717. The molecule has 0 aliphatic carbocycles. The zero-order valence-corrected chi connectivity index (χ0v) is 12.0. The van der Waals surface area contributed by atoms with Crippen molar-refractivity contribution in [3.8, 4) is 0 Å². The second kappa shape index (κ2) is 5.14. The molecule has 2 aromatic rings. The van der Waals surface area contributed by atoms with E-state index in [2.05, 4.69) is 14.7 Å². The van der Waals surface area contributed by atoms with Crippen LogP contribution < -0.4 is 4.72 Å². The third kappa shape index (κ3) is 3.21. The van der Waals surface area contributed by atoms with E-state index in [1.807, 2.05) is 13.0 Å². The lowest BCUT2D eigenvalue weighted by Gasteiger charge is -2.10. The van der Waals surface area contributed by atoms with E-state index in [-0.39, 0.29) is 16.0 Å². The first kappa shape index (κ1) is 13.8. The summed E-state index contributed by atoms with van der Waals surface area (Å²) in [5, 5.41) is -0.0131. The van der Waals surface area contributed by atoms with Gasteiger partial charge in [-0.25, -0.2) is 13.4 Å². The Morgan fingerprint density at radius 3 is 2.58 bits per heavy atom. The Hall–Kier alpha value is -1.66. The third-order valence-corrected chi connectivity index (χ3v) is 4.18. The molecule has 0 spiro atoms. The van der Waals surface area contributed by atoms with Crippen molar-refractivity contribution in [1.29, 1.82) is 0 Å². The topological polar surface area (TPSA) is 72.0 Å². The number of hydrogen-bond donors (Lipinski definition) is 1. The molecule has 0 radical (unpaired) electrons. The van der Waals surface area contributed by atoms with E-state index in [4.69, 9.17) is 11.6 Å². The summed E-state index contributed by atoms with van der Waals surface area (Å²) in [5.41, 5.74) is 1.68. The number of rotatable bonds is 3. The SMILES string of the molecule is Cc1ccc(S(=O)(=O)Nc2ccnc(Cl)n2)c(C)c1. The standard InChI is InChI=1S/C12H12ClN3O2S/c1-8-3-4-10(9(2)7-8)19(17,18)16-11-5-6-14-12(13)15-11/h3-7H,1-2H3,(H,14,15,16). The molecule has 7 heteroatoms. The van der Waals surface area contributed by atoms with Gasteiger partial charge in [0.2, 0.25) is 5.28 Å².